The van der Waals surface area contributed by atoms with Gasteiger partial charge in [0.2, 0.25) is 5.88 Å². The molecule has 0 radical (unpaired) electrons. The Morgan fingerprint density at radius 2 is 2.15 bits per heavy atom. The minimum Gasteiger partial charge on any atom is -0.476 e. The van der Waals surface area contributed by atoms with Crippen molar-refractivity contribution >= 4 is 9.84 Å². The molecule has 1 aromatic rings. The molecule has 0 saturated heterocycles. The van der Waals surface area contributed by atoms with Gasteiger partial charge in [0, 0.05) is 19.8 Å². The minimum absolute atomic E-state index is 0.0147. The van der Waals surface area contributed by atoms with E-state index in [0.29, 0.717) is 0 Å². The summed E-state index contributed by atoms with van der Waals surface area (Å²) in [4.78, 5) is 0. The Morgan fingerprint density at radius 3 is 2.70 bits per heavy atom. The molecule has 10 heteroatoms. The van der Waals surface area contributed by atoms with Crippen molar-refractivity contribution in [3.8, 4) is 5.88 Å². The van der Waals surface area contributed by atoms with Crippen LogP contribution in [0.25, 0.3) is 0 Å². The summed E-state index contributed by atoms with van der Waals surface area (Å²) < 4.78 is 67.3. The third-order valence-corrected chi connectivity index (χ3v) is 3.86. The Hall–Kier alpha value is -1.29. The van der Waals surface area contributed by atoms with Crippen LogP contribution in [0.5, 0.6) is 5.88 Å². The number of fused-ring (bicyclic) bond motifs is 1. The van der Waals surface area contributed by atoms with Gasteiger partial charge in [-0.25, -0.2) is 13.1 Å². The van der Waals surface area contributed by atoms with Crippen LogP contribution in [0.15, 0.2) is 0 Å². The Balaban J connectivity index is 2.26. The maximum Gasteiger partial charge on any atom is 0.435 e. The molecule has 1 atom stereocenters. The van der Waals surface area contributed by atoms with E-state index >= 15 is 0 Å². The highest BCUT2D eigenvalue weighted by molar-refractivity contribution is 7.90. The SMILES string of the molecule is Cn1nc(C(F)(F)F)c2c1OCC(CS(C)(=O)=O)NC2. The van der Waals surface area contributed by atoms with Crippen molar-refractivity contribution < 1.29 is 26.3 Å². The Kier molecular flexibility index (Phi) is 3.71. The lowest BCUT2D eigenvalue weighted by Gasteiger charge is -2.14. The van der Waals surface area contributed by atoms with Gasteiger partial charge in [-0.1, -0.05) is 0 Å². The Labute approximate surface area is 113 Å². The molecule has 0 bridgehead atoms. The van der Waals surface area contributed by atoms with E-state index in [0.717, 1.165) is 10.9 Å². The molecule has 0 aliphatic carbocycles. The standard InChI is InChI=1S/C10H14F3N3O3S/c1-16-9-7(8(15-16)10(11,12)13)3-14-6(4-19-9)5-20(2,17)18/h6,14H,3-5H2,1-2H3. The van der Waals surface area contributed by atoms with Gasteiger partial charge in [-0.3, -0.25) is 0 Å². The maximum atomic E-state index is 12.8. The molecule has 0 saturated carbocycles. The number of ether oxygens (including phenoxy) is 1. The molecule has 1 aliphatic rings. The largest absolute Gasteiger partial charge is 0.476 e. The molecule has 2 heterocycles. The van der Waals surface area contributed by atoms with Gasteiger partial charge in [-0.2, -0.15) is 18.3 Å². The molecule has 0 amide bonds. The topological polar surface area (TPSA) is 73.2 Å². The Bertz CT molecular complexity index is 609. The number of aryl methyl sites for hydroxylation is 1. The van der Waals surface area contributed by atoms with E-state index in [-0.39, 0.29) is 30.3 Å². The van der Waals surface area contributed by atoms with E-state index in [1.807, 2.05) is 0 Å². The zero-order chi connectivity index (χ0) is 15.1. The van der Waals surface area contributed by atoms with Gasteiger partial charge in [0.05, 0.1) is 17.4 Å². The normalized spacial score (nSPS) is 20.1. The molecule has 1 aliphatic heterocycles. The van der Waals surface area contributed by atoms with E-state index < -0.39 is 27.7 Å². The lowest BCUT2D eigenvalue weighted by molar-refractivity contribution is -0.142. The predicted octanol–water partition coefficient (Wildman–Crippen LogP) is 0.334. The number of nitrogens with one attached hydrogen (secondary N) is 1. The molecule has 1 aromatic heterocycles. The number of sulfone groups is 1. The fourth-order valence-corrected chi connectivity index (χ4v) is 3.02. The molecular weight excluding hydrogens is 299 g/mol. The minimum atomic E-state index is -4.58. The van der Waals surface area contributed by atoms with Crippen LogP contribution >= 0.6 is 0 Å². The number of rotatable bonds is 2. The second-order valence-corrected chi connectivity index (χ2v) is 6.92. The van der Waals surface area contributed by atoms with Crippen molar-refractivity contribution in [1.29, 1.82) is 0 Å². The lowest BCUT2D eigenvalue weighted by Crippen LogP contribution is -2.38. The first-order valence-corrected chi connectivity index (χ1v) is 7.81. The molecular formula is C10H14F3N3O3S. The predicted molar refractivity (Wildman–Crippen MR) is 64.0 cm³/mol. The Morgan fingerprint density at radius 1 is 1.50 bits per heavy atom. The zero-order valence-electron chi connectivity index (χ0n) is 10.9. The second-order valence-electron chi connectivity index (χ2n) is 4.73. The summed E-state index contributed by atoms with van der Waals surface area (Å²) in [5, 5.41) is 6.18. The molecule has 0 aromatic carbocycles. The smallest absolute Gasteiger partial charge is 0.435 e. The monoisotopic (exact) mass is 313 g/mol. The highest BCUT2D eigenvalue weighted by Crippen LogP contribution is 2.36. The van der Waals surface area contributed by atoms with Gasteiger partial charge in [0.1, 0.15) is 16.4 Å². The van der Waals surface area contributed by atoms with Crippen LogP contribution in [0.2, 0.25) is 0 Å². The van der Waals surface area contributed by atoms with Crippen LogP contribution in [0.1, 0.15) is 11.3 Å². The molecule has 114 valence electrons. The summed E-state index contributed by atoms with van der Waals surface area (Å²) in [6.45, 7) is -0.172. The summed E-state index contributed by atoms with van der Waals surface area (Å²) in [7, 11) is -1.89. The van der Waals surface area contributed by atoms with Crippen LogP contribution in [-0.4, -0.2) is 42.9 Å². The highest BCUT2D eigenvalue weighted by atomic mass is 32.2. The van der Waals surface area contributed by atoms with Crippen molar-refractivity contribution in [3.05, 3.63) is 11.3 Å². The molecule has 0 spiro atoms. The molecule has 2 rings (SSSR count). The number of alkyl halides is 3. The van der Waals surface area contributed by atoms with E-state index in [1.165, 1.54) is 7.05 Å². The average molecular weight is 313 g/mol. The van der Waals surface area contributed by atoms with Gasteiger partial charge in [-0.05, 0) is 0 Å². The fourth-order valence-electron chi connectivity index (χ4n) is 2.08. The fraction of sp³-hybridized carbons (Fsp3) is 0.700. The van der Waals surface area contributed by atoms with Gasteiger partial charge < -0.3 is 10.1 Å². The van der Waals surface area contributed by atoms with Gasteiger partial charge in [-0.15, -0.1) is 0 Å². The highest BCUT2D eigenvalue weighted by Gasteiger charge is 2.40. The summed E-state index contributed by atoms with van der Waals surface area (Å²) in [6, 6.07) is -0.557. The average Bonchev–Trinajstić information content (AvgIpc) is 2.44. The van der Waals surface area contributed by atoms with E-state index in [4.69, 9.17) is 4.74 Å². The molecule has 1 unspecified atom stereocenters. The quantitative estimate of drug-likeness (QED) is 0.852. The van der Waals surface area contributed by atoms with Crippen molar-refractivity contribution in [3.63, 3.8) is 0 Å². The van der Waals surface area contributed by atoms with Crippen LogP contribution in [0.4, 0.5) is 13.2 Å². The van der Waals surface area contributed by atoms with Crippen molar-refractivity contribution in [2.45, 2.75) is 18.8 Å². The van der Waals surface area contributed by atoms with Crippen molar-refractivity contribution in [2.24, 2.45) is 7.05 Å². The molecule has 1 N–H and O–H groups in total. The number of hydrogen-bond donors (Lipinski definition) is 1. The van der Waals surface area contributed by atoms with Crippen LogP contribution in [0, 0.1) is 0 Å². The number of halogens is 3. The molecule has 6 nitrogen and oxygen atoms in total. The van der Waals surface area contributed by atoms with E-state index in [9.17, 15) is 21.6 Å². The first kappa shape index (κ1) is 15.1. The van der Waals surface area contributed by atoms with Crippen molar-refractivity contribution in [1.82, 2.24) is 15.1 Å². The van der Waals surface area contributed by atoms with E-state index in [2.05, 4.69) is 10.4 Å². The number of nitrogens with zero attached hydrogens (tertiary/aromatic N) is 2. The third-order valence-electron chi connectivity index (χ3n) is 2.85. The second kappa shape index (κ2) is 4.92. The molecule has 0 fully saturated rings. The van der Waals surface area contributed by atoms with Crippen LogP contribution in [0.3, 0.4) is 0 Å². The van der Waals surface area contributed by atoms with Gasteiger partial charge in [0.25, 0.3) is 0 Å². The van der Waals surface area contributed by atoms with Gasteiger partial charge >= 0.3 is 6.18 Å². The summed E-state index contributed by atoms with van der Waals surface area (Å²) >= 11 is 0. The van der Waals surface area contributed by atoms with Crippen LogP contribution < -0.4 is 10.1 Å². The molecule has 20 heavy (non-hydrogen) atoms. The van der Waals surface area contributed by atoms with E-state index in [1.54, 1.807) is 0 Å². The first-order valence-electron chi connectivity index (χ1n) is 5.75. The summed E-state index contributed by atoms with van der Waals surface area (Å²) in [5.74, 6) is -0.184. The van der Waals surface area contributed by atoms with Gasteiger partial charge in [0.15, 0.2) is 5.69 Å². The van der Waals surface area contributed by atoms with Crippen molar-refractivity contribution in [2.75, 3.05) is 18.6 Å². The van der Waals surface area contributed by atoms with Crippen LogP contribution in [-0.2, 0) is 29.6 Å². The zero-order valence-corrected chi connectivity index (χ0v) is 11.7. The summed E-state index contributed by atoms with van der Waals surface area (Å²) in [5.41, 5.74) is -1.11. The number of aromatic nitrogens is 2. The maximum absolute atomic E-state index is 12.8. The lowest BCUT2D eigenvalue weighted by atomic mass is 10.2. The third kappa shape index (κ3) is 3.23. The first-order chi connectivity index (χ1) is 9.08. The number of hydrogen-bond acceptors (Lipinski definition) is 5. The summed E-state index contributed by atoms with van der Waals surface area (Å²) in [6.07, 6.45) is -3.51.